The van der Waals surface area contributed by atoms with Gasteiger partial charge >= 0.3 is 12.1 Å². The number of carbonyl (C=O) groups excluding carboxylic acids is 1. The molecule has 0 aliphatic heterocycles. The highest BCUT2D eigenvalue weighted by molar-refractivity contribution is 6.00. The molecule has 0 atom stereocenters. The molecule has 0 aliphatic carbocycles. The van der Waals surface area contributed by atoms with Gasteiger partial charge in [0.1, 0.15) is 12.4 Å². The van der Waals surface area contributed by atoms with E-state index in [9.17, 15) is 27.2 Å². The number of carbonyl (C=O) groups is 2. The highest BCUT2D eigenvalue weighted by atomic mass is 19.4. The average molecular weight is 309 g/mol. The normalized spacial score (nSPS) is 11.2. The highest BCUT2D eigenvalue weighted by Gasteiger charge is 2.27. The second-order valence-electron chi connectivity index (χ2n) is 3.96. The van der Waals surface area contributed by atoms with E-state index in [1.54, 1.807) is 0 Å². The molecule has 0 heterocycles. The fraction of sp³-hybridized carbons (Fsp3) is 0.333. The van der Waals surface area contributed by atoms with Gasteiger partial charge in [-0.2, -0.15) is 13.2 Å². The summed E-state index contributed by atoms with van der Waals surface area (Å²) in [6.07, 6.45) is -4.88. The van der Waals surface area contributed by atoms with Gasteiger partial charge in [0, 0.05) is 0 Å². The fourth-order valence-corrected chi connectivity index (χ4v) is 1.37. The molecule has 21 heavy (non-hydrogen) atoms. The molecule has 5 nitrogen and oxygen atoms in total. The third-order valence-corrected chi connectivity index (χ3v) is 2.23. The first-order valence-electron chi connectivity index (χ1n) is 5.66. The van der Waals surface area contributed by atoms with Crippen LogP contribution < -0.4 is 5.32 Å². The zero-order chi connectivity index (χ0) is 16.0. The van der Waals surface area contributed by atoms with Crippen molar-refractivity contribution >= 4 is 17.6 Å². The van der Waals surface area contributed by atoms with E-state index in [-0.39, 0.29) is 5.69 Å². The molecule has 1 amide bonds. The summed E-state index contributed by atoms with van der Waals surface area (Å²) in [7, 11) is 0. The molecule has 0 radical (unpaired) electrons. The summed E-state index contributed by atoms with van der Waals surface area (Å²) in [6.45, 7) is -1.95. The molecule has 9 heteroatoms. The van der Waals surface area contributed by atoms with Gasteiger partial charge in [-0.25, -0.2) is 9.18 Å². The van der Waals surface area contributed by atoms with Crippen molar-refractivity contribution in [2.45, 2.75) is 12.6 Å². The highest BCUT2D eigenvalue weighted by Crippen LogP contribution is 2.18. The number of rotatable bonds is 6. The molecule has 0 saturated carbocycles. The summed E-state index contributed by atoms with van der Waals surface area (Å²) < 4.78 is 52.5. The van der Waals surface area contributed by atoms with Gasteiger partial charge in [-0.1, -0.05) is 0 Å². The van der Waals surface area contributed by atoms with E-state index in [1.807, 2.05) is 0 Å². The van der Waals surface area contributed by atoms with Gasteiger partial charge in [0.05, 0.1) is 24.3 Å². The standard InChI is InChI=1S/C12H11F4NO4/c13-7-1-2-9(8(5-7)11(19)20)17-10(18)3-4-21-6-12(14,15)16/h1-2,5H,3-4,6H2,(H,17,18)(H,19,20). The number of carboxylic acid groups (broad SMARTS) is 1. The van der Waals surface area contributed by atoms with Crippen LogP contribution in [0.1, 0.15) is 16.8 Å². The van der Waals surface area contributed by atoms with Crippen LogP contribution in [0.2, 0.25) is 0 Å². The molecular formula is C12H11F4NO4. The van der Waals surface area contributed by atoms with Crippen LogP contribution in [0.5, 0.6) is 0 Å². The Morgan fingerprint density at radius 2 is 1.95 bits per heavy atom. The number of carboxylic acids is 1. The largest absolute Gasteiger partial charge is 0.478 e. The fourth-order valence-electron chi connectivity index (χ4n) is 1.37. The van der Waals surface area contributed by atoms with Gasteiger partial charge < -0.3 is 15.2 Å². The van der Waals surface area contributed by atoms with Crippen LogP contribution >= 0.6 is 0 Å². The number of alkyl halides is 3. The van der Waals surface area contributed by atoms with Crippen molar-refractivity contribution in [3.63, 3.8) is 0 Å². The monoisotopic (exact) mass is 309 g/mol. The van der Waals surface area contributed by atoms with Crippen molar-refractivity contribution in [3.05, 3.63) is 29.6 Å². The summed E-state index contributed by atoms with van der Waals surface area (Å²) in [6, 6.07) is 2.72. The first-order valence-corrected chi connectivity index (χ1v) is 5.66. The van der Waals surface area contributed by atoms with Crippen molar-refractivity contribution < 1.29 is 37.0 Å². The van der Waals surface area contributed by atoms with E-state index < -0.39 is 49.1 Å². The van der Waals surface area contributed by atoms with Crippen LogP contribution in [0.3, 0.4) is 0 Å². The number of halogens is 4. The number of hydrogen-bond donors (Lipinski definition) is 2. The molecule has 0 aromatic heterocycles. The van der Waals surface area contributed by atoms with Gasteiger partial charge in [0.2, 0.25) is 5.91 Å². The van der Waals surface area contributed by atoms with Crippen molar-refractivity contribution in [1.82, 2.24) is 0 Å². The maximum absolute atomic E-state index is 12.9. The quantitative estimate of drug-likeness (QED) is 0.625. The lowest BCUT2D eigenvalue weighted by molar-refractivity contribution is -0.174. The van der Waals surface area contributed by atoms with E-state index in [0.717, 1.165) is 18.2 Å². The van der Waals surface area contributed by atoms with Crippen LogP contribution in [0.15, 0.2) is 18.2 Å². The molecule has 2 N–H and O–H groups in total. The Morgan fingerprint density at radius 1 is 1.29 bits per heavy atom. The zero-order valence-electron chi connectivity index (χ0n) is 10.5. The Bertz CT molecular complexity index is 530. The summed E-state index contributed by atoms with van der Waals surface area (Å²) in [5.41, 5.74) is -0.607. The van der Waals surface area contributed by atoms with E-state index in [2.05, 4.69) is 10.1 Å². The molecule has 0 fully saturated rings. The molecule has 0 bridgehead atoms. The molecule has 1 aromatic carbocycles. The molecule has 0 aliphatic rings. The Morgan fingerprint density at radius 3 is 2.52 bits per heavy atom. The van der Waals surface area contributed by atoms with Crippen LogP contribution in [-0.2, 0) is 9.53 Å². The minimum Gasteiger partial charge on any atom is -0.478 e. The number of anilines is 1. The molecule has 116 valence electrons. The third kappa shape index (κ3) is 6.21. The van der Waals surface area contributed by atoms with Crippen molar-refractivity contribution in [2.24, 2.45) is 0 Å². The number of hydrogen-bond acceptors (Lipinski definition) is 3. The Balaban J connectivity index is 2.54. The van der Waals surface area contributed by atoms with Crippen LogP contribution in [0, 0.1) is 5.82 Å². The average Bonchev–Trinajstić information content (AvgIpc) is 2.35. The minimum atomic E-state index is -4.48. The lowest BCUT2D eigenvalue weighted by atomic mass is 10.1. The van der Waals surface area contributed by atoms with Crippen LogP contribution in [0.25, 0.3) is 0 Å². The maximum Gasteiger partial charge on any atom is 0.411 e. The Labute approximate surface area is 116 Å². The van der Waals surface area contributed by atoms with E-state index in [0.29, 0.717) is 0 Å². The lowest BCUT2D eigenvalue weighted by Gasteiger charge is -2.10. The summed E-state index contributed by atoms with van der Waals surface area (Å²) in [5, 5.41) is 11.0. The van der Waals surface area contributed by atoms with Crippen LogP contribution in [-0.4, -0.2) is 36.4 Å². The second-order valence-corrected chi connectivity index (χ2v) is 3.96. The summed E-state index contributed by atoms with van der Waals surface area (Å²) >= 11 is 0. The van der Waals surface area contributed by atoms with Gasteiger partial charge in [-0.15, -0.1) is 0 Å². The van der Waals surface area contributed by atoms with Crippen molar-refractivity contribution in [3.8, 4) is 0 Å². The predicted octanol–water partition coefficient (Wildman–Crippen LogP) is 2.43. The van der Waals surface area contributed by atoms with Crippen LogP contribution in [0.4, 0.5) is 23.2 Å². The van der Waals surface area contributed by atoms with Crippen molar-refractivity contribution in [2.75, 3.05) is 18.5 Å². The summed E-state index contributed by atoms with van der Waals surface area (Å²) in [5.74, 6) is -2.98. The molecule has 1 aromatic rings. The molecule has 0 spiro atoms. The van der Waals surface area contributed by atoms with E-state index in [4.69, 9.17) is 5.11 Å². The number of nitrogens with one attached hydrogen (secondary N) is 1. The summed E-state index contributed by atoms with van der Waals surface area (Å²) in [4.78, 5) is 22.3. The lowest BCUT2D eigenvalue weighted by Crippen LogP contribution is -2.20. The molecule has 0 saturated heterocycles. The molecular weight excluding hydrogens is 298 g/mol. The SMILES string of the molecule is O=C(CCOCC(F)(F)F)Nc1ccc(F)cc1C(=O)O. The Kier molecular flexibility index (Phi) is 5.65. The topological polar surface area (TPSA) is 75.6 Å². The van der Waals surface area contributed by atoms with Gasteiger partial charge in [-0.05, 0) is 18.2 Å². The van der Waals surface area contributed by atoms with Gasteiger partial charge in [0.15, 0.2) is 0 Å². The second kappa shape index (κ2) is 7.02. The molecule has 1 rings (SSSR count). The maximum atomic E-state index is 12.9. The number of ether oxygens (including phenoxy) is 1. The van der Waals surface area contributed by atoms with Crippen molar-refractivity contribution in [1.29, 1.82) is 0 Å². The number of benzene rings is 1. The number of aromatic carboxylic acids is 1. The predicted molar refractivity (Wildman–Crippen MR) is 63.5 cm³/mol. The first-order chi connectivity index (χ1) is 9.69. The van der Waals surface area contributed by atoms with E-state index >= 15 is 0 Å². The van der Waals surface area contributed by atoms with Gasteiger partial charge in [-0.3, -0.25) is 4.79 Å². The minimum absolute atomic E-state index is 0.148. The third-order valence-electron chi connectivity index (χ3n) is 2.23. The zero-order valence-corrected chi connectivity index (χ0v) is 10.5. The van der Waals surface area contributed by atoms with E-state index in [1.165, 1.54) is 0 Å². The smallest absolute Gasteiger partial charge is 0.411 e. The van der Waals surface area contributed by atoms with Gasteiger partial charge in [0.25, 0.3) is 0 Å². The molecule has 0 unspecified atom stereocenters. The number of amides is 1. The first kappa shape index (κ1) is 16.9. The Hall–Kier alpha value is -2.16.